The van der Waals surface area contributed by atoms with Crippen LogP contribution in [0.4, 0.5) is 8.78 Å². The van der Waals surface area contributed by atoms with Crippen molar-refractivity contribution in [2.24, 2.45) is 5.41 Å². The average molecular weight is 250 g/mol. The first-order valence-electron chi connectivity index (χ1n) is 4.57. The number of carbonyl (C=O) groups excluding carboxylic acids is 1. The molecule has 0 spiro atoms. The zero-order valence-electron chi connectivity index (χ0n) is 8.84. The van der Waals surface area contributed by atoms with Crippen LogP contribution < -0.4 is 10.2 Å². The molecule has 0 radical (unpaired) electrons. The fraction of sp³-hybridized carbons (Fsp3) is 0.556. The summed E-state index contributed by atoms with van der Waals surface area (Å²) in [5, 5.41) is 3.89. The van der Waals surface area contributed by atoms with Gasteiger partial charge in [-0.1, -0.05) is 11.3 Å². The van der Waals surface area contributed by atoms with Crippen molar-refractivity contribution in [2.75, 3.05) is 0 Å². The molecule has 0 aliphatic heterocycles. The molecule has 0 saturated carbocycles. The first-order chi connectivity index (χ1) is 7.34. The number of aromatic nitrogens is 1. The third kappa shape index (κ3) is 2.88. The van der Waals surface area contributed by atoms with Crippen LogP contribution in [0.25, 0.3) is 0 Å². The van der Waals surface area contributed by atoms with Crippen LogP contribution in [-0.4, -0.2) is 17.3 Å². The molecule has 1 amide bonds. The Morgan fingerprint density at radius 1 is 1.62 bits per heavy atom. The molecule has 1 aromatic rings. The van der Waals surface area contributed by atoms with Crippen LogP contribution in [-0.2, 0) is 11.3 Å². The van der Waals surface area contributed by atoms with Crippen molar-refractivity contribution in [3.63, 3.8) is 0 Å². The smallest absolute Gasteiger partial charge is 0.304 e. The number of carbonyl (C=O) groups is 1. The quantitative estimate of drug-likeness (QED) is 0.847. The maximum atomic E-state index is 12.5. The fourth-order valence-corrected chi connectivity index (χ4v) is 1.48. The van der Waals surface area contributed by atoms with Crippen molar-refractivity contribution in [1.29, 1.82) is 0 Å². The molecule has 0 bridgehead atoms. The number of H-pyrrole nitrogens is 1. The molecule has 0 atom stereocenters. The van der Waals surface area contributed by atoms with E-state index < -0.39 is 17.7 Å². The normalized spacial score (nSPS) is 11.8. The lowest BCUT2D eigenvalue weighted by atomic mass is 9.93. The molecule has 1 rings (SSSR count). The molecule has 0 aromatic carbocycles. The number of halogens is 2. The Morgan fingerprint density at radius 2 is 2.25 bits per heavy atom. The molecule has 90 valence electrons. The molecule has 1 heterocycles. The predicted octanol–water partition coefficient (Wildman–Crippen LogP) is 1.34. The lowest BCUT2D eigenvalue weighted by Crippen LogP contribution is -2.41. The van der Waals surface area contributed by atoms with E-state index in [1.54, 1.807) is 0 Å². The van der Waals surface area contributed by atoms with Gasteiger partial charge in [0.1, 0.15) is 5.41 Å². The Bertz CT molecular complexity index is 425. The highest BCUT2D eigenvalue weighted by atomic mass is 32.1. The summed E-state index contributed by atoms with van der Waals surface area (Å²) >= 11 is 0.959. The van der Waals surface area contributed by atoms with E-state index in [0.29, 0.717) is 5.69 Å². The topological polar surface area (TPSA) is 62.0 Å². The van der Waals surface area contributed by atoms with E-state index in [-0.39, 0.29) is 11.4 Å². The largest absolute Gasteiger partial charge is 0.350 e. The van der Waals surface area contributed by atoms with Gasteiger partial charge < -0.3 is 10.3 Å². The highest BCUT2D eigenvalue weighted by Crippen LogP contribution is 2.24. The van der Waals surface area contributed by atoms with Crippen LogP contribution in [0.5, 0.6) is 0 Å². The number of nitrogens with one attached hydrogen (secondary N) is 2. The van der Waals surface area contributed by atoms with Crippen molar-refractivity contribution in [2.45, 2.75) is 26.8 Å². The zero-order chi connectivity index (χ0) is 12.3. The van der Waals surface area contributed by atoms with Crippen LogP contribution >= 0.6 is 11.3 Å². The molecule has 7 heteroatoms. The van der Waals surface area contributed by atoms with E-state index in [2.05, 4.69) is 10.3 Å². The van der Waals surface area contributed by atoms with Crippen molar-refractivity contribution in [3.05, 3.63) is 20.7 Å². The molecule has 0 unspecified atom stereocenters. The highest BCUT2D eigenvalue weighted by Gasteiger charge is 2.37. The highest BCUT2D eigenvalue weighted by molar-refractivity contribution is 7.07. The summed E-state index contributed by atoms with van der Waals surface area (Å²) in [6, 6.07) is 0. The molecule has 0 aliphatic rings. The van der Waals surface area contributed by atoms with Crippen LogP contribution in [0.15, 0.2) is 10.2 Å². The number of hydrogen-bond acceptors (Lipinski definition) is 3. The number of alkyl halides is 2. The maximum absolute atomic E-state index is 12.5. The van der Waals surface area contributed by atoms with Gasteiger partial charge in [-0.2, -0.15) is 0 Å². The van der Waals surface area contributed by atoms with Gasteiger partial charge in [0, 0.05) is 11.1 Å². The second kappa shape index (κ2) is 4.73. The lowest BCUT2D eigenvalue weighted by molar-refractivity contribution is -0.137. The number of amides is 1. The first kappa shape index (κ1) is 12.8. The average Bonchev–Trinajstić information content (AvgIpc) is 2.60. The maximum Gasteiger partial charge on any atom is 0.304 e. The minimum absolute atomic E-state index is 0.0493. The number of rotatable bonds is 4. The predicted molar refractivity (Wildman–Crippen MR) is 56.6 cm³/mol. The summed E-state index contributed by atoms with van der Waals surface area (Å²) in [7, 11) is 0. The summed E-state index contributed by atoms with van der Waals surface area (Å²) in [4.78, 5) is 24.4. The molecule has 0 saturated heterocycles. The Balaban J connectivity index is 2.56. The van der Waals surface area contributed by atoms with Gasteiger partial charge in [-0.25, -0.2) is 8.78 Å². The van der Waals surface area contributed by atoms with Gasteiger partial charge in [-0.15, -0.1) is 0 Å². The Labute approximate surface area is 94.7 Å². The summed E-state index contributed by atoms with van der Waals surface area (Å²) in [5.41, 5.74) is -1.22. The van der Waals surface area contributed by atoms with Crippen LogP contribution in [0.1, 0.15) is 19.5 Å². The van der Waals surface area contributed by atoms with Crippen molar-refractivity contribution >= 4 is 17.2 Å². The van der Waals surface area contributed by atoms with Gasteiger partial charge in [0.15, 0.2) is 0 Å². The second-order valence-electron chi connectivity index (χ2n) is 3.88. The van der Waals surface area contributed by atoms with Gasteiger partial charge in [-0.05, 0) is 13.8 Å². The van der Waals surface area contributed by atoms with E-state index >= 15 is 0 Å². The molecule has 0 fully saturated rings. The summed E-state index contributed by atoms with van der Waals surface area (Å²) in [6.07, 6.45) is -2.73. The summed E-state index contributed by atoms with van der Waals surface area (Å²) < 4.78 is 25.0. The molecule has 16 heavy (non-hydrogen) atoms. The molecule has 0 aliphatic carbocycles. The van der Waals surface area contributed by atoms with Crippen LogP contribution in [0.3, 0.4) is 0 Å². The molecular weight excluding hydrogens is 238 g/mol. The minimum Gasteiger partial charge on any atom is -0.350 e. The SMILES string of the molecule is CC(C)(C(=O)NCc1csc(=O)[nH]1)C(F)F. The lowest BCUT2D eigenvalue weighted by Gasteiger charge is -2.21. The fourth-order valence-electron chi connectivity index (χ4n) is 0.903. The van der Waals surface area contributed by atoms with E-state index in [1.165, 1.54) is 19.2 Å². The van der Waals surface area contributed by atoms with Gasteiger partial charge in [0.25, 0.3) is 6.43 Å². The van der Waals surface area contributed by atoms with E-state index in [9.17, 15) is 18.4 Å². The molecule has 1 aromatic heterocycles. The van der Waals surface area contributed by atoms with E-state index in [4.69, 9.17) is 0 Å². The summed E-state index contributed by atoms with van der Waals surface area (Å²) in [5.74, 6) is -0.741. The van der Waals surface area contributed by atoms with Crippen molar-refractivity contribution in [1.82, 2.24) is 10.3 Å². The monoisotopic (exact) mass is 250 g/mol. The van der Waals surface area contributed by atoms with E-state index in [1.807, 2.05) is 0 Å². The molecular formula is C9H12F2N2O2S. The number of aromatic amines is 1. The first-order valence-corrected chi connectivity index (χ1v) is 5.45. The third-order valence-corrected chi connectivity index (χ3v) is 2.86. The second-order valence-corrected chi connectivity index (χ2v) is 4.72. The number of hydrogen-bond donors (Lipinski definition) is 2. The van der Waals surface area contributed by atoms with Crippen LogP contribution in [0.2, 0.25) is 0 Å². The standard InChI is InChI=1S/C9H12F2N2O2S/c1-9(2,6(10)11)7(14)12-3-5-4-16-8(15)13-5/h4,6H,3H2,1-2H3,(H,12,14)(H,13,15). The van der Waals surface area contributed by atoms with E-state index in [0.717, 1.165) is 11.3 Å². The third-order valence-electron chi connectivity index (χ3n) is 2.14. The molecule has 4 nitrogen and oxygen atoms in total. The van der Waals surface area contributed by atoms with Crippen molar-refractivity contribution in [3.8, 4) is 0 Å². The molecule has 2 N–H and O–H groups in total. The van der Waals surface area contributed by atoms with Crippen LogP contribution in [0, 0.1) is 5.41 Å². The Morgan fingerprint density at radius 3 is 2.69 bits per heavy atom. The minimum atomic E-state index is -2.73. The zero-order valence-corrected chi connectivity index (χ0v) is 9.66. The summed E-state index contributed by atoms with van der Waals surface area (Å²) in [6.45, 7) is 2.39. The number of thiazole rings is 1. The Kier molecular flexibility index (Phi) is 3.79. The van der Waals surface area contributed by atoms with Gasteiger partial charge >= 0.3 is 4.87 Å². The Hall–Kier alpha value is -1.24. The van der Waals surface area contributed by atoms with Gasteiger partial charge in [-0.3, -0.25) is 9.59 Å². The van der Waals surface area contributed by atoms with Crippen molar-refractivity contribution < 1.29 is 13.6 Å². The van der Waals surface area contributed by atoms with Gasteiger partial charge in [0.05, 0.1) is 6.54 Å². The van der Waals surface area contributed by atoms with Gasteiger partial charge in [0.2, 0.25) is 5.91 Å².